The Kier molecular flexibility index (Phi) is 4.17. The molecule has 22 heavy (non-hydrogen) atoms. The molecule has 0 aliphatic heterocycles. The van der Waals surface area contributed by atoms with Gasteiger partial charge in [0.05, 0.1) is 5.56 Å². The lowest BCUT2D eigenvalue weighted by atomic mass is 10.0. The average Bonchev–Trinajstić information content (AvgIpc) is 2.59. The maximum Gasteiger partial charge on any atom is 0.338 e. The molecule has 0 spiro atoms. The molecule has 0 saturated carbocycles. The van der Waals surface area contributed by atoms with Crippen LogP contribution in [0.1, 0.15) is 22.0 Å². The van der Waals surface area contributed by atoms with Crippen LogP contribution in [0.25, 0.3) is 10.8 Å². The van der Waals surface area contributed by atoms with Crippen LogP contribution in [0, 0.1) is 0 Å². The molecule has 0 aromatic heterocycles. The van der Waals surface area contributed by atoms with Crippen molar-refractivity contribution < 1.29 is 14.6 Å². The summed E-state index contributed by atoms with van der Waals surface area (Å²) in [6.45, 7) is -0.0634. The third-order valence-electron chi connectivity index (χ3n) is 3.57. The van der Waals surface area contributed by atoms with Crippen LogP contribution >= 0.6 is 0 Å². The Bertz CT molecular complexity index is 776. The second-order valence-electron chi connectivity index (χ2n) is 5.05. The Morgan fingerprint density at radius 2 is 1.59 bits per heavy atom. The summed E-state index contributed by atoms with van der Waals surface area (Å²) in [7, 11) is 0. The molecule has 0 unspecified atom stereocenters. The molecular formula is C19H16O3. The minimum absolute atomic E-state index is 0.0634. The van der Waals surface area contributed by atoms with Crippen LogP contribution < -0.4 is 0 Å². The van der Waals surface area contributed by atoms with Crippen LogP contribution in [0.5, 0.6) is 0 Å². The predicted octanol–water partition coefficient (Wildman–Crippen LogP) is 3.73. The van der Waals surface area contributed by atoms with Gasteiger partial charge in [-0.25, -0.2) is 4.79 Å². The fourth-order valence-electron chi connectivity index (χ4n) is 2.41. The fraction of sp³-hybridized carbons (Fsp3) is 0.105. The molecule has 0 aliphatic carbocycles. The van der Waals surface area contributed by atoms with Gasteiger partial charge >= 0.3 is 5.97 Å². The molecule has 0 heterocycles. The van der Waals surface area contributed by atoms with Crippen LogP contribution in [-0.4, -0.2) is 17.7 Å². The Labute approximate surface area is 128 Å². The monoisotopic (exact) mass is 292 g/mol. The molecule has 3 rings (SSSR count). The van der Waals surface area contributed by atoms with E-state index in [-0.39, 0.29) is 6.61 Å². The summed E-state index contributed by atoms with van der Waals surface area (Å²) >= 11 is 0. The van der Waals surface area contributed by atoms with Crippen molar-refractivity contribution in [2.45, 2.75) is 6.10 Å². The normalized spacial score (nSPS) is 12.0. The quantitative estimate of drug-likeness (QED) is 0.745. The maximum absolute atomic E-state index is 12.3. The number of carbonyl (C=O) groups is 1. The van der Waals surface area contributed by atoms with Gasteiger partial charge in [-0.15, -0.1) is 0 Å². The van der Waals surface area contributed by atoms with E-state index >= 15 is 0 Å². The Morgan fingerprint density at radius 3 is 2.41 bits per heavy atom. The maximum atomic E-state index is 12.3. The summed E-state index contributed by atoms with van der Waals surface area (Å²) in [5, 5.41) is 11.9. The van der Waals surface area contributed by atoms with Crippen molar-refractivity contribution in [2.75, 3.05) is 6.61 Å². The van der Waals surface area contributed by atoms with Crippen molar-refractivity contribution in [3.8, 4) is 0 Å². The van der Waals surface area contributed by atoms with Crippen molar-refractivity contribution in [2.24, 2.45) is 0 Å². The van der Waals surface area contributed by atoms with E-state index in [1.165, 1.54) is 0 Å². The van der Waals surface area contributed by atoms with Gasteiger partial charge in [0.2, 0.25) is 0 Å². The molecule has 0 aliphatic rings. The van der Waals surface area contributed by atoms with E-state index in [4.69, 9.17) is 4.74 Å². The summed E-state index contributed by atoms with van der Waals surface area (Å²) in [5.41, 5.74) is 1.24. The number of benzene rings is 3. The zero-order valence-electron chi connectivity index (χ0n) is 12.0. The highest BCUT2D eigenvalue weighted by molar-refractivity contribution is 6.04. The van der Waals surface area contributed by atoms with Crippen LogP contribution in [0.3, 0.4) is 0 Å². The smallest absolute Gasteiger partial charge is 0.338 e. The standard InChI is InChI=1S/C19H16O3/c20-18(15-8-2-1-3-9-15)13-22-19(21)17-12-6-10-14-7-4-5-11-16(14)17/h1-12,18,20H,13H2/t18-/m0/s1. The largest absolute Gasteiger partial charge is 0.459 e. The molecule has 1 atom stereocenters. The number of fused-ring (bicyclic) bond motifs is 1. The molecule has 0 bridgehead atoms. The zero-order chi connectivity index (χ0) is 15.4. The number of carbonyl (C=O) groups excluding carboxylic acids is 1. The summed E-state index contributed by atoms with van der Waals surface area (Å²) in [4.78, 5) is 12.3. The molecule has 0 fully saturated rings. The lowest BCUT2D eigenvalue weighted by Crippen LogP contribution is -2.13. The van der Waals surface area contributed by atoms with E-state index in [0.717, 1.165) is 16.3 Å². The third kappa shape index (κ3) is 3.00. The van der Waals surface area contributed by atoms with Crippen molar-refractivity contribution in [1.29, 1.82) is 0 Å². The fourth-order valence-corrected chi connectivity index (χ4v) is 2.41. The zero-order valence-corrected chi connectivity index (χ0v) is 12.0. The van der Waals surface area contributed by atoms with Gasteiger partial charge in [0, 0.05) is 0 Å². The molecule has 0 amide bonds. The molecule has 1 N–H and O–H groups in total. The number of rotatable bonds is 4. The first kappa shape index (κ1) is 14.3. The predicted molar refractivity (Wildman–Crippen MR) is 85.6 cm³/mol. The second kappa shape index (κ2) is 6.41. The first-order valence-electron chi connectivity index (χ1n) is 7.13. The topological polar surface area (TPSA) is 46.5 Å². The lowest BCUT2D eigenvalue weighted by Gasteiger charge is -2.12. The van der Waals surface area contributed by atoms with Gasteiger partial charge in [-0.2, -0.15) is 0 Å². The van der Waals surface area contributed by atoms with Crippen LogP contribution in [0.15, 0.2) is 72.8 Å². The van der Waals surface area contributed by atoms with E-state index in [9.17, 15) is 9.90 Å². The number of aliphatic hydroxyl groups excluding tert-OH is 1. The SMILES string of the molecule is O=C(OC[C@H](O)c1ccccc1)c1cccc2ccccc12. The molecule has 3 aromatic rings. The lowest BCUT2D eigenvalue weighted by molar-refractivity contribution is 0.0256. The van der Waals surface area contributed by atoms with Crippen molar-refractivity contribution in [3.63, 3.8) is 0 Å². The van der Waals surface area contributed by atoms with Gasteiger partial charge in [0.15, 0.2) is 0 Å². The first-order valence-corrected chi connectivity index (χ1v) is 7.13. The van der Waals surface area contributed by atoms with E-state index in [1.54, 1.807) is 18.2 Å². The Morgan fingerprint density at radius 1 is 0.909 bits per heavy atom. The number of aliphatic hydroxyl groups is 1. The summed E-state index contributed by atoms with van der Waals surface area (Å²) < 4.78 is 5.26. The highest BCUT2D eigenvalue weighted by atomic mass is 16.5. The molecule has 0 radical (unpaired) electrons. The average molecular weight is 292 g/mol. The highest BCUT2D eigenvalue weighted by Crippen LogP contribution is 2.20. The van der Waals surface area contributed by atoms with Gasteiger partial charge in [-0.05, 0) is 22.4 Å². The summed E-state index contributed by atoms with van der Waals surface area (Å²) in [6.07, 6.45) is -0.819. The van der Waals surface area contributed by atoms with Crippen LogP contribution in [0.4, 0.5) is 0 Å². The Hall–Kier alpha value is -2.65. The van der Waals surface area contributed by atoms with Gasteiger partial charge < -0.3 is 9.84 Å². The highest BCUT2D eigenvalue weighted by Gasteiger charge is 2.14. The molecular weight excluding hydrogens is 276 g/mol. The van der Waals surface area contributed by atoms with Crippen molar-refractivity contribution in [3.05, 3.63) is 83.9 Å². The summed E-state index contributed by atoms with van der Waals surface area (Å²) in [5.74, 6) is -0.424. The van der Waals surface area contributed by atoms with Crippen molar-refractivity contribution >= 4 is 16.7 Å². The molecule has 110 valence electrons. The minimum Gasteiger partial charge on any atom is -0.459 e. The molecule has 3 heteroatoms. The number of hydrogen-bond donors (Lipinski definition) is 1. The van der Waals surface area contributed by atoms with Gasteiger partial charge in [0.1, 0.15) is 12.7 Å². The van der Waals surface area contributed by atoms with Gasteiger partial charge in [-0.3, -0.25) is 0 Å². The van der Waals surface area contributed by atoms with E-state index in [1.807, 2.05) is 54.6 Å². The van der Waals surface area contributed by atoms with E-state index < -0.39 is 12.1 Å². The first-order chi connectivity index (χ1) is 10.8. The summed E-state index contributed by atoms with van der Waals surface area (Å²) in [6, 6.07) is 22.3. The number of hydrogen-bond acceptors (Lipinski definition) is 3. The van der Waals surface area contributed by atoms with Gasteiger partial charge in [0.25, 0.3) is 0 Å². The second-order valence-corrected chi connectivity index (χ2v) is 5.05. The molecule has 3 aromatic carbocycles. The number of ether oxygens (including phenoxy) is 1. The molecule has 0 saturated heterocycles. The van der Waals surface area contributed by atoms with E-state index in [2.05, 4.69) is 0 Å². The van der Waals surface area contributed by atoms with Crippen molar-refractivity contribution in [1.82, 2.24) is 0 Å². The third-order valence-corrected chi connectivity index (χ3v) is 3.57. The van der Waals surface area contributed by atoms with Crippen LogP contribution in [-0.2, 0) is 4.74 Å². The number of esters is 1. The minimum atomic E-state index is -0.819. The Balaban J connectivity index is 1.74. The van der Waals surface area contributed by atoms with Gasteiger partial charge in [-0.1, -0.05) is 66.7 Å². The molecule has 3 nitrogen and oxygen atoms in total. The van der Waals surface area contributed by atoms with Crippen LogP contribution in [0.2, 0.25) is 0 Å². The van der Waals surface area contributed by atoms with E-state index in [0.29, 0.717) is 5.56 Å².